The maximum Gasteiger partial charge on any atom is 0.216 e. The zero-order chi connectivity index (χ0) is 8.85. The molecule has 1 amide bonds. The number of hydrogen-bond acceptors (Lipinski definition) is 3. The molecule has 0 rings (SSSR count). The fraction of sp³-hybridized carbons (Fsp3) is 0.571. The molecule has 67 valence electrons. The molecule has 0 unspecified atom stereocenters. The summed E-state index contributed by atoms with van der Waals surface area (Å²) >= 11 is 0. The van der Waals surface area contributed by atoms with E-state index in [1.807, 2.05) is 0 Å². The second-order valence-electron chi connectivity index (χ2n) is 2.13. The number of hydrogen-bond donors (Lipinski definition) is 0. The average molecular weight is 247 g/mol. The van der Waals surface area contributed by atoms with Gasteiger partial charge in [0.25, 0.3) is 0 Å². The summed E-state index contributed by atoms with van der Waals surface area (Å²) in [5.74, 6) is -0.497. The number of ether oxygens (including phenoxy) is 1. The second-order valence-corrected chi connectivity index (χ2v) is 2.13. The molecule has 5 heteroatoms. The van der Waals surface area contributed by atoms with Gasteiger partial charge in [-0.2, -0.15) is 0 Å². The van der Waals surface area contributed by atoms with Crippen molar-refractivity contribution in [2.45, 2.75) is 6.92 Å². The molecule has 12 heavy (non-hydrogen) atoms. The molecule has 0 spiro atoms. The Labute approximate surface area is 97.5 Å². The van der Waals surface area contributed by atoms with Crippen molar-refractivity contribution in [3.63, 3.8) is 0 Å². The zero-order valence-electron chi connectivity index (χ0n) is 7.53. The number of esters is 1. The van der Waals surface area contributed by atoms with Crippen molar-refractivity contribution in [1.29, 1.82) is 0 Å². The first-order valence-electron chi connectivity index (χ1n) is 3.20. The van der Waals surface area contributed by atoms with E-state index < -0.39 is 5.97 Å². The van der Waals surface area contributed by atoms with Crippen molar-refractivity contribution in [2.24, 2.45) is 0 Å². The maximum absolute atomic E-state index is 10.6. The quantitative estimate of drug-likeness (QED) is 0.514. The average Bonchev–Trinajstić information content (AvgIpc) is 1.99. The van der Waals surface area contributed by atoms with Crippen molar-refractivity contribution < 1.29 is 47.0 Å². The van der Waals surface area contributed by atoms with Gasteiger partial charge in [-0.3, -0.25) is 16.0 Å². The van der Waals surface area contributed by atoms with E-state index >= 15 is 0 Å². The third kappa shape index (κ3) is 6.61. The molecule has 0 aliphatic heterocycles. The Morgan fingerprint density at radius 2 is 2.00 bits per heavy atom. The molecule has 1 radical (unpaired) electrons. The Bertz CT molecular complexity index is 161. The van der Waals surface area contributed by atoms with Crippen LogP contribution in [0.1, 0.15) is 6.92 Å². The summed E-state index contributed by atoms with van der Waals surface area (Å²) in [5, 5.41) is 0. The van der Waals surface area contributed by atoms with Crippen molar-refractivity contribution in [3.05, 3.63) is 6.42 Å². The number of nitrogens with zero attached hydrogens (tertiary/aromatic N) is 1. The Morgan fingerprint density at radius 1 is 1.50 bits per heavy atom. The maximum atomic E-state index is 10.6. The van der Waals surface area contributed by atoms with E-state index in [1.54, 1.807) is 7.05 Å². The molecular weight excluding hydrogens is 235 g/mol. The largest absolute Gasteiger partial charge is 0.491 e. The SMILES string of the molecule is COC(=O)[CH-]CN(C)C(C)=O.[Y]. The van der Waals surface area contributed by atoms with Crippen molar-refractivity contribution in [2.75, 3.05) is 20.7 Å². The summed E-state index contributed by atoms with van der Waals surface area (Å²) in [5.41, 5.74) is 0. The number of methoxy groups -OCH3 is 1. The van der Waals surface area contributed by atoms with Gasteiger partial charge in [0.15, 0.2) is 5.97 Å². The first kappa shape index (κ1) is 14.4. The molecule has 0 aromatic heterocycles. The molecule has 0 aromatic carbocycles. The third-order valence-electron chi connectivity index (χ3n) is 1.27. The van der Waals surface area contributed by atoms with Crippen LogP contribution in [0.2, 0.25) is 0 Å². The van der Waals surface area contributed by atoms with Gasteiger partial charge in [0.05, 0.1) is 7.11 Å². The van der Waals surface area contributed by atoms with E-state index in [0.29, 0.717) is 6.54 Å². The molecule has 0 aliphatic rings. The minimum atomic E-state index is -0.418. The Balaban J connectivity index is 0. The number of amides is 1. The monoisotopic (exact) mass is 247 g/mol. The van der Waals surface area contributed by atoms with E-state index in [9.17, 15) is 9.59 Å². The first-order chi connectivity index (χ1) is 5.07. The number of carbonyl (C=O) groups excluding carboxylic acids is 2. The van der Waals surface area contributed by atoms with Crippen LogP contribution in [0.5, 0.6) is 0 Å². The van der Waals surface area contributed by atoms with Crippen LogP contribution in [0, 0.1) is 6.42 Å². The minimum absolute atomic E-state index is 0. The summed E-state index contributed by atoms with van der Waals surface area (Å²) in [6.07, 6.45) is 1.31. The van der Waals surface area contributed by atoms with Crippen LogP contribution in [-0.4, -0.2) is 37.5 Å². The van der Waals surface area contributed by atoms with Crippen LogP contribution in [0.4, 0.5) is 0 Å². The van der Waals surface area contributed by atoms with Gasteiger partial charge in [0.2, 0.25) is 5.91 Å². The van der Waals surface area contributed by atoms with Crippen molar-refractivity contribution in [1.82, 2.24) is 4.90 Å². The van der Waals surface area contributed by atoms with Crippen LogP contribution in [0.15, 0.2) is 0 Å². The van der Waals surface area contributed by atoms with E-state index in [1.165, 1.54) is 25.4 Å². The summed E-state index contributed by atoms with van der Waals surface area (Å²) in [4.78, 5) is 22.5. The van der Waals surface area contributed by atoms with Gasteiger partial charge in [-0.1, -0.05) is 6.54 Å². The smallest absolute Gasteiger partial charge is 0.216 e. The minimum Gasteiger partial charge on any atom is -0.491 e. The molecule has 0 fully saturated rings. The first-order valence-corrected chi connectivity index (χ1v) is 3.20. The van der Waals surface area contributed by atoms with Gasteiger partial charge in [0.1, 0.15) is 0 Å². The summed E-state index contributed by atoms with van der Waals surface area (Å²) < 4.78 is 4.35. The third-order valence-corrected chi connectivity index (χ3v) is 1.27. The van der Waals surface area contributed by atoms with Crippen LogP contribution in [0.25, 0.3) is 0 Å². The number of rotatable bonds is 3. The molecule has 0 aliphatic carbocycles. The van der Waals surface area contributed by atoms with Crippen molar-refractivity contribution >= 4 is 11.9 Å². The van der Waals surface area contributed by atoms with E-state index in [-0.39, 0.29) is 38.6 Å². The molecule has 0 N–H and O–H groups in total. The fourth-order valence-corrected chi connectivity index (χ4v) is 0.423. The van der Waals surface area contributed by atoms with Gasteiger partial charge < -0.3 is 9.64 Å². The van der Waals surface area contributed by atoms with E-state index in [0.717, 1.165) is 0 Å². The van der Waals surface area contributed by atoms with Gasteiger partial charge >= 0.3 is 0 Å². The molecule has 0 atom stereocenters. The zero-order valence-corrected chi connectivity index (χ0v) is 10.4. The molecule has 0 bridgehead atoms. The molecule has 4 nitrogen and oxygen atoms in total. The Morgan fingerprint density at radius 3 is 2.33 bits per heavy atom. The molecule has 0 saturated carbocycles. The van der Waals surface area contributed by atoms with Gasteiger partial charge in [-0.05, 0) is 0 Å². The molecule has 0 saturated heterocycles. The van der Waals surface area contributed by atoms with Crippen molar-refractivity contribution in [3.8, 4) is 0 Å². The van der Waals surface area contributed by atoms with Gasteiger partial charge in [0, 0.05) is 46.7 Å². The van der Waals surface area contributed by atoms with Gasteiger partial charge in [-0.25, -0.2) is 0 Å². The standard InChI is InChI=1S/C7H12NO3.Y/c1-6(9)8(2)5-4-7(10)11-3;/h4H,5H2,1-3H3;/q-1;. The molecular formula is C7H12NO3Y-. The summed E-state index contributed by atoms with van der Waals surface area (Å²) in [6, 6.07) is 0. The van der Waals surface area contributed by atoms with Crippen LogP contribution in [0.3, 0.4) is 0 Å². The predicted molar refractivity (Wildman–Crippen MR) is 39.6 cm³/mol. The Hall–Kier alpha value is -0.0861. The van der Waals surface area contributed by atoms with Crippen LogP contribution < -0.4 is 0 Å². The van der Waals surface area contributed by atoms with E-state index in [2.05, 4.69) is 4.74 Å². The van der Waals surface area contributed by atoms with Gasteiger partial charge in [-0.15, -0.1) is 0 Å². The topological polar surface area (TPSA) is 46.6 Å². The van der Waals surface area contributed by atoms with Crippen LogP contribution in [-0.2, 0) is 47.0 Å². The predicted octanol–water partition coefficient (Wildman–Crippen LogP) is -0.161. The Kier molecular flexibility index (Phi) is 9.09. The molecule has 0 heterocycles. The normalized spacial score (nSPS) is 7.92. The summed E-state index contributed by atoms with van der Waals surface area (Å²) in [6.45, 7) is 1.73. The second kappa shape index (κ2) is 7.56. The molecule has 0 aromatic rings. The number of carbonyl (C=O) groups is 2. The summed E-state index contributed by atoms with van der Waals surface area (Å²) in [7, 11) is 2.91. The van der Waals surface area contributed by atoms with Crippen LogP contribution >= 0.6 is 0 Å². The fourth-order valence-electron chi connectivity index (χ4n) is 0.423. The van der Waals surface area contributed by atoms with E-state index in [4.69, 9.17) is 0 Å².